The van der Waals surface area contributed by atoms with E-state index in [0.29, 0.717) is 0 Å². The maximum Gasteiger partial charge on any atom is 0.246 e. The summed E-state index contributed by atoms with van der Waals surface area (Å²) in [6.45, 7) is 0. The van der Waals surface area contributed by atoms with Crippen molar-refractivity contribution in [2.75, 3.05) is 0 Å². The van der Waals surface area contributed by atoms with Crippen molar-refractivity contribution in [3.8, 4) is 0 Å². The molecule has 5 N–H and O–H groups in total. The molecule has 5 nitrogen and oxygen atoms in total. The van der Waals surface area contributed by atoms with Crippen molar-refractivity contribution in [3.05, 3.63) is 0 Å². The topological polar surface area (TPSA) is 96.2 Å². The van der Waals surface area contributed by atoms with Crippen LogP contribution in [-0.2, 0) is 4.79 Å². The number of nitrogens with two attached hydrogens (primary N) is 2. The summed E-state index contributed by atoms with van der Waals surface area (Å²) in [5, 5.41) is 7.75. The van der Waals surface area contributed by atoms with E-state index in [0.717, 1.165) is 30.7 Å². The van der Waals surface area contributed by atoms with E-state index in [1.54, 1.807) is 0 Å². The van der Waals surface area contributed by atoms with Gasteiger partial charge in [0.05, 0.1) is 0 Å². The van der Waals surface area contributed by atoms with E-state index in [-0.39, 0.29) is 17.8 Å². The van der Waals surface area contributed by atoms with E-state index < -0.39 is 0 Å². The van der Waals surface area contributed by atoms with E-state index in [1.165, 1.54) is 6.42 Å². The first-order chi connectivity index (χ1) is 6.13. The Kier molecular flexibility index (Phi) is 3.25. The van der Waals surface area contributed by atoms with E-state index in [9.17, 15) is 4.79 Å². The van der Waals surface area contributed by atoms with Crippen LogP contribution in [0.25, 0.3) is 0 Å². The molecule has 0 aromatic heterocycles. The minimum atomic E-state index is -0.379. The van der Waals surface area contributed by atoms with Gasteiger partial charge in [-0.05, 0) is 12.8 Å². The van der Waals surface area contributed by atoms with Crippen molar-refractivity contribution in [3.63, 3.8) is 0 Å². The standard InChI is InChI=1S/C8H16N4O/c9-8(10)12(11)7(13)6-4-2-1-3-5-6/h6H,1-5,11H2,(H3,9,10). The van der Waals surface area contributed by atoms with Crippen LogP contribution >= 0.6 is 0 Å². The monoisotopic (exact) mass is 184 g/mol. The number of hydrazine groups is 1. The minimum absolute atomic E-state index is 0.0253. The molecule has 1 fully saturated rings. The van der Waals surface area contributed by atoms with Gasteiger partial charge in [0.2, 0.25) is 11.9 Å². The Hall–Kier alpha value is -1.10. The summed E-state index contributed by atoms with van der Waals surface area (Å²) in [7, 11) is 0. The van der Waals surface area contributed by atoms with Crippen LogP contribution in [0.3, 0.4) is 0 Å². The number of guanidine groups is 1. The van der Waals surface area contributed by atoms with Gasteiger partial charge in [-0.2, -0.15) is 0 Å². The van der Waals surface area contributed by atoms with E-state index >= 15 is 0 Å². The second-order valence-electron chi connectivity index (χ2n) is 3.43. The summed E-state index contributed by atoms with van der Waals surface area (Å²) in [5.74, 6) is 4.71. The van der Waals surface area contributed by atoms with Crippen LogP contribution in [-0.4, -0.2) is 16.9 Å². The van der Waals surface area contributed by atoms with Crippen molar-refractivity contribution < 1.29 is 4.79 Å². The van der Waals surface area contributed by atoms with E-state index in [1.807, 2.05) is 0 Å². The zero-order valence-corrected chi connectivity index (χ0v) is 7.62. The Bertz CT molecular complexity index is 210. The quantitative estimate of drug-likeness (QED) is 0.178. The van der Waals surface area contributed by atoms with Crippen LogP contribution in [0.1, 0.15) is 32.1 Å². The summed E-state index contributed by atoms with van der Waals surface area (Å²) in [4.78, 5) is 11.5. The van der Waals surface area contributed by atoms with Crippen LogP contribution in [0, 0.1) is 11.3 Å². The molecular weight excluding hydrogens is 168 g/mol. The molecule has 0 aliphatic heterocycles. The van der Waals surface area contributed by atoms with Gasteiger partial charge in [0.1, 0.15) is 0 Å². The lowest BCUT2D eigenvalue weighted by Gasteiger charge is -2.24. The smallest absolute Gasteiger partial charge is 0.246 e. The third kappa shape index (κ3) is 2.42. The number of hydrogen-bond acceptors (Lipinski definition) is 3. The normalized spacial score (nSPS) is 18.2. The molecule has 1 rings (SSSR count). The lowest BCUT2D eigenvalue weighted by Crippen LogP contribution is -2.49. The first kappa shape index (κ1) is 9.98. The SMILES string of the molecule is N=C(N)N(N)C(=O)C1CCCCC1. The van der Waals surface area contributed by atoms with Crippen molar-refractivity contribution in [1.82, 2.24) is 5.01 Å². The first-order valence-electron chi connectivity index (χ1n) is 4.55. The fourth-order valence-electron chi connectivity index (χ4n) is 1.66. The van der Waals surface area contributed by atoms with Crippen LogP contribution in [0.4, 0.5) is 0 Å². The van der Waals surface area contributed by atoms with Crippen LogP contribution in [0.15, 0.2) is 0 Å². The lowest BCUT2D eigenvalue weighted by molar-refractivity contribution is -0.132. The Morgan fingerprint density at radius 2 is 1.85 bits per heavy atom. The maximum atomic E-state index is 11.5. The number of carbonyl (C=O) groups is 1. The largest absolute Gasteiger partial charge is 0.369 e. The second-order valence-corrected chi connectivity index (χ2v) is 3.43. The molecule has 0 aromatic carbocycles. The zero-order valence-electron chi connectivity index (χ0n) is 7.62. The highest BCUT2D eigenvalue weighted by Gasteiger charge is 2.25. The van der Waals surface area contributed by atoms with Gasteiger partial charge < -0.3 is 5.73 Å². The van der Waals surface area contributed by atoms with Crippen LogP contribution in [0.2, 0.25) is 0 Å². The summed E-state index contributed by atoms with van der Waals surface area (Å²) < 4.78 is 0. The number of rotatable bonds is 1. The molecule has 1 saturated carbocycles. The third-order valence-corrected chi connectivity index (χ3v) is 2.45. The molecule has 0 bridgehead atoms. The van der Waals surface area contributed by atoms with Crippen molar-refractivity contribution in [2.45, 2.75) is 32.1 Å². The molecule has 0 radical (unpaired) electrons. The average Bonchev–Trinajstić information content (AvgIpc) is 2.17. The van der Waals surface area contributed by atoms with Gasteiger partial charge in [-0.1, -0.05) is 19.3 Å². The Morgan fingerprint density at radius 1 is 1.31 bits per heavy atom. The molecule has 0 heterocycles. The molecule has 0 unspecified atom stereocenters. The molecule has 0 saturated heterocycles. The number of amides is 1. The van der Waals surface area contributed by atoms with Gasteiger partial charge >= 0.3 is 0 Å². The van der Waals surface area contributed by atoms with E-state index in [2.05, 4.69) is 0 Å². The highest BCUT2D eigenvalue weighted by molar-refractivity contribution is 5.95. The van der Waals surface area contributed by atoms with Gasteiger partial charge in [0, 0.05) is 5.92 Å². The number of carbonyl (C=O) groups excluding carboxylic acids is 1. The van der Waals surface area contributed by atoms with Gasteiger partial charge in [0.25, 0.3) is 0 Å². The third-order valence-electron chi connectivity index (χ3n) is 2.45. The fraction of sp³-hybridized carbons (Fsp3) is 0.750. The molecular formula is C8H16N4O. The Labute approximate surface area is 77.5 Å². The van der Waals surface area contributed by atoms with Gasteiger partial charge in [-0.15, -0.1) is 0 Å². The van der Waals surface area contributed by atoms with Gasteiger partial charge in [-0.3, -0.25) is 10.2 Å². The second kappa shape index (κ2) is 4.23. The van der Waals surface area contributed by atoms with Gasteiger partial charge in [-0.25, -0.2) is 10.9 Å². The first-order valence-corrected chi connectivity index (χ1v) is 4.55. The molecule has 0 atom stereocenters. The molecule has 1 amide bonds. The number of hydrogen-bond donors (Lipinski definition) is 3. The molecule has 5 heteroatoms. The summed E-state index contributed by atoms with van der Waals surface area (Å²) >= 11 is 0. The molecule has 0 aromatic rings. The summed E-state index contributed by atoms with van der Waals surface area (Å²) in [5.41, 5.74) is 5.11. The molecule has 0 spiro atoms. The number of nitrogens with zero attached hydrogens (tertiary/aromatic N) is 1. The van der Waals surface area contributed by atoms with E-state index in [4.69, 9.17) is 17.0 Å². The predicted molar refractivity (Wildman–Crippen MR) is 49.5 cm³/mol. The Balaban J connectivity index is 2.50. The zero-order chi connectivity index (χ0) is 9.84. The Morgan fingerprint density at radius 3 is 2.31 bits per heavy atom. The highest BCUT2D eigenvalue weighted by atomic mass is 16.2. The fourth-order valence-corrected chi connectivity index (χ4v) is 1.66. The molecule has 1 aliphatic carbocycles. The maximum absolute atomic E-state index is 11.5. The number of nitrogens with one attached hydrogen (secondary N) is 1. The average molecular weight is 184 g/mol. The lowest BCUT2D eigenvalue weighted by atomic mass is 9.88. The van der Waals surface area contributed by atoms with Crippen molar-refractivity contribution in [2.24, 2.45) is 17.5 Å². The molecule has 13 heavy (non-hydrogen) atoms. The van der Waals surface area contributed by atoms with Gasteiger partial charge in [0.15, 0.2) is 0 Å². The summed E-state index contributed by atoms with van der Waals surface area (Å²) in [6, 6.07) is 0. The van der Waals surface area contributed by atoms with Crippen LogP contribution in [0.5, 0.6) is 0 Å². The minimum Gasteiger partial charge on any atom is -0.369 e. The van der Waals surface area contributed by atoms with Crippen LogP contribution < -0.4 is 11.6 Å². The predicted octanol–water partition coefficient (Wildman–Crippen LogP) is 0.162. The molecule has 1 aliphatic rings. The highest BCUT2D eigenvalue weighted by Crippen LogP contribution is 2.24. The van der Waals surface area contributed by atoms with Crippen molar-refractivity contribution >= 4 is 11.9 Å². The molecule has 74 valence electrons. The summed E-state index contributed by atoms with van der Waals surface area (Å²) in [6.07, 6.45) is 5.08. The van der Waals surface area contributed by atoms with Crippen molar-refractivity contribution in [1.29, 1.82) is 5.41 Å².